The molecule has 0 aliphatic rings. The molecule has 6 nitrogen and oxygen atoms in total. The number of aromatic nitrogens is 6. The van der Waals surface area contributed by atoms with Gasteiger partial charge in [0.1, 0.15) is 0 Å². The minimum absolute atomic E-state index is 0. The monoisotopic (exact) mass is 962 g/mol. The molecule has 3 aromatic heterocycles. The molecule has 0 aliphatic heterocycles. The van der Waals surface area contributed by atoms with Crippen LogP contribution in [0.25, 0.3) is 51.2 Å². The van der Waals surface area contributed by atoms with Gasteiger partial charge in [0, 0.05) is 54.2 Å². The third-order valence-corrected chi connectivity index (χ3v) is 10.1. The number of hydrogen-bond donors (Lipinski definition) is 0. The quantitative estimate of drug-likeness (QED) is 0.156. The van der Waals surface area contributed by atoms with Gasteiger partial charge in [0.15, 0.2) is 0 Å². The van der Waals surface area contributed by atoms with Crippen molar-refractivity contribution in [2.75, 3.05) is 0 Å². The summed E-state index contributed by atoms with van der Waals surface area (Å²) in [6.07, 6.45) is 11.5. The van der Waals surface area contributed by atoms with Gasteiger partial charge in [-0.1, -0.05) is 53.1 Å². The summed E-state index contributed by atoms with van der Waals surface area (Å²) in [6.45, 7) is 17.1. The fraction of sp³-hybridized carbons (Fsp3) is 0.151. The molecule has 9 aromatic rings. The number of hydrogen-bond acceptors (Lipinski definition) is 3. The van der Waals surface area contributed by atoms with Gasteiger partial charge in [0.25, 0.3) is 0 Å². The van der Waals surface area contributed by atoms with Gasteiger partial charge in [-0.2, -0.15) is 0 Å². The second kappa shape index (κ2) is 19.6. The van der Waals surface area contributed by atoms with Gasteiger partial charge in [-0.05, 0) is 89.3 Å². The summed E-state index contributed by atoms with van der Waals surface area (Å²) in [6, 6.07) is 48.8. The SMILES string of the molecule is Cc1cc(C)c(-n2ccnc2-c2[c-]cccc2)c(C)c1.Cc1cc(C)c(-n2ccnc2-c2[c-]cccc2)c(C)c1.Cc1ccc(-n2ccnc2-c2[c-]cccc2)c(C)c1.[Ir+3]. The predicted octanol–water partition coefficient (Wildman–Crippen LogP) is 12.5. The van der Waals surface area contributed by atoms with Gasteiger partial charge in [0.2, 0.25) is 0 Å². The van der Waals surface area contributed by atoms with E-state index in [4.69, 9.17) is 0 Å². The maximum atomic E-state index is 4.50. The first-order valence-corrected chi connectivity index (χ1v) is 19.8. The molecule has 300 valence electrons. The molecule has 60 heavy (non-hydrogen) atoms. The van der Waals surface area contributed by atoms with Crippen LogP contribution in [0.15, 0.2) is 152 Å². The molecule has 0 saturated carbocycles. The molecule has 0 saturated heterocycles. The Labute approximate surface area is 368 Å². The van der Waals surface area contributed by atoms with Crippen LogP contribution in [0, 0.1) is 73.6 Å². The zero-order valence-corrected chi connectivity index (χ0v) is 37.8. The Morgan fingerprint density at radius 3 is 1.08 bits per heavy atom. The second-order valence-corrected chi connectivity index (χ2v) is 15.0. The molecular weight excluding hydrogens is 913 g/mol. The first kappa shape index (κ1) is 43.2. The zero-order valence-electron chi connectivity index (χ0n) is 35.5. The van der Waals surface area contributed by atoms with Crippen LogP contribution in [0.3, 0.4) is 0 Å². The zero-order chi connectivity index (χ0) is 41.5. The third-order valence-electron chi connectivity index (χ3n) is 10.1. The van der Waals surface area contributed by atoms with E-state index in [-0.39, 0.29) is 20.1 Å². The summed E-state index contributed by atoms with van der Waals surface area (Å²) < 4.78 is 6.41. The summed E-state index contributed by atoms with van der Waals surface area (Å²) in [5, 5.41) is 0. The van der Waals surface area contributed by atoms with Gasteiger partial charge >= 0.3 is 20.1 Å². The van der Waals surface area contributed by atoms with Crippen LogP contribution in [0.5, 0.6) is 0 Å². The van der Waals surface area contributed by atoms with Crippen molar-refractivity contribution in [3.05, 3.63) is 215 Å². The molecule has 0 unspecified atom stereocenters. The van der Waals surface area contributed by atoms with Crippen molar-refractivity contribution in [3.63, 3.8) is 0 Å². The molecular formula is C53H49IrN6. The fourth-order valence-corrected chi connectivity index (χ4v) is 7.84. The average molecular weight is 962 g/mol. The summed E-state index contributed by atoms with van der Waals surface area (Å²) in [5.41, 5.74) is 16.8. The van der Waals surface area contributed by atoms with Crippen LogP contribution < -0.4 is 0 Å². The van der Waals surface area contributed by atoms with E-state index in [0.717, 1.165) is 39.9 Å². The Bertz CT molecular complexity index is 2620. The molecule has 0 spiro atoms. The van der Waals surface area contributed by atoms with Crippen LogP contribution in [0.1, 0.15) is 44.5 Å². The van der Waals surface area contributed by atoms with Crippen LogP contribution in [0.2, 0.25) is 0 Å². The summed E-state index contributed by atoms with van der Waals surface area (Å²) >= 11 is 0. The maximum Gasteiger partial charge on any atom is 3.00 e. The van der Waals surface area contributed by atoms with Crippen LogP contribution in [0.4, 0.5) is 0 Å². The number of aryl methyl sites for hydroxylation is 8. The van der Waals surface area contributed by atoms with Crippen LogP contribution in [-0.4, -0.2) is 28.7 Å². The van der Waals surface area contributed by atoms with E-state index < -0.39 is 0 Å². The maximum absolute atomic E-state index is 4.50. The van der Waals surface area contributed by atoms with Crippen molar-refractivity contribution in [1.82, 2.24) is 28.7 Å². The summed E-state index contributed by atoms with van der Waals surface area (Å²) in [7, 11) is 0. The molecule has 0 aliphatic carbocycles. The molecule has 0 amide bonds. The van der Waals surface area contributed by atoms with E-state index in [1.54, 1.807) is 0 Å². The molecule has 0 N–H and O–H groups in total. The molecule has 0 bridgehead atoms. The molecule has 3 heterocycles. The molecule has 0 radical (unpaired) electrons. The number of rotatable bonds is 6. The van der Waals surface area contributed by atoms with Crippen molar-refractivity contribution in [1.29, 1.82) is 0 Å². The summed E-state index contributed by atoms with van der Waals surface area (Å²) in [5.74, 6) is 2.79. The smallest absolute Gasteiger partial charge is 0.340 e. The Morgan fingerprint density at radius 1 is 0.383 bits per heavy atom. The summed E-state index contributed by atoms with van der Waals surface area (Å²) in [4.78, 5) is 13.5. The van der Waals surface area contributed by atoms with Gasteiger partial charge in [-0.3, -0.25) is 15.0 Å². The van der Waals surface area contributed by atoms with E-state index in [0.29, 0.717) is 0 Å². The predicted molar refractivity (Wildman–Crippen MR) is 241 cm³/mol. The van der Waals surface area contributed by atoms with E-state index in [9.17, 15) is 0 Å². The fourth-order valence-electron chi connectivity index (χ4n) is 7.84. The number of imidazole rings is 3. The third kappa shape index (κ3) is 9.72. The standard InChI is InChI=1S/2C18H17N2.C17H15N2.Ir/c2*1-13-11-14(2)17(15(3)12-13)20-10-9-19-18(20)16-7-5-4-6-8-16;1-13-8-9-16(14(2)12-13)19-11-10-18-17(19)15-6-4-3-5-7-15;/h2*4-7,9-12H,1-3H3;3-6,8-12H,1-2H3;/q3*-1;+3. The van der Waals surface area contributed by atoms with Gasteiger partial charge in [-0.15, -0.1) is 108 Å². The Morgan fingerprint density at radius 2 is 0.733 bits per heavy atom. The largest absolute Gasteiger partial charge is 3.00 e. The minimum atomic E-state index is 0. The van der Waals surface area contributed by atoms with Gasteiger partial charge in [0.05, 0.1) is 17.5 Å². The van der Waals surface area contributed by atoms with Gasteiger partial charge in [-0.25, -0.2) is 0 Å². The molecule has 6 aromatic carbocycles. The van der Waals surface area contributed by atoms with E-state index in [2.05, 4.69) is 145 Å². The first-order valence-electron chi connectivity index (χ1n) is 19.8. The van der Waals surface area contributed by atoms with Crippen LogP contribution in [-0.2, 0) is 20.1 Å². The van der Waals surface area contributed by atoms with Crippen LogP contribution >= 0.6 is 0 Å². The number of nitrogens with zero attached hydrogens (tertiary/aromatic N) is 6. The normalized spacial score (nSPS) is 10.5. The molecule has 0 fully saturated rings. The Hall–Kier alpha value is -6.40. The van der Waals surface area contributed by atoms with Gasteiger partial charge < -0.3 is 13.7 Å². The number of benzene rings is 6. The molecule has 0 atom stereocenters. The van der Waals surface area contributed by atoms with Crippen molar-refractivity contribution < 1.29 is 20.1 Å². The molecule has 7 heteroatoms. The topological polar surface area (TPSA) is 53.5 Å². The first-order chi connectivity index (χ1) is 28.6. The van der Waals surface area contributed by atoms with Crippen molar-refractivity contribution in [2.45, 2.75) is 55.4 Å². The second-order valence-electron chi connectivity index (χ2n) is 15.0. The minimum Gasteiger partial charge on any atom is -0.340 e. The average Bonchev–Trinajstić information content (AvgIpc) is 4.02. The van der Waals surface area contributed by atoms with Crippen molar-refractivity contribution in [3.8, 4) is 51.2 Å². The van der Waals surface area contributed by atoms with E-state index in [1.165, 1.54) is 55.9 Å². The molecule has 9 rings (SSSR count). The van der Waals surface area contributed by atoms with Crippen molar-refractivity contribution >= 4 is 0 Å². The van der Waals surface area contributed by atoms with Crippen molar-refractivity contribution in [2.24, 2.45) is 0 Å². The Kier molecular flexibility index (Phi) is 14.1. The van der Waals surface area contributed by atoms with E-state index >= 15 is 0 Å². The van der Waals surface area contributed by atoms with E-state index in [1.807, 2.05) is 110 Å². The Balaban J connectivity index is 0.000000150.